The van der Waals surface area contributed by atoms with Crippen LogP contribution in [0.3, 0.4) is 0 Å². The van der Waals surface area contributed by atoms with Crippen LogP contribution in [0.4, 0.5) is 4.79 Å². The third-order valence-electron chi connectivity index (χ3n) is 4.72. The number of hydrogen-bond acceptors (Lipinski definition) is 6. The lowest BCUT2D eigenvalue weighted by molar-refractivity contribution is -0.122. The number of carbonyl (C=O) groups is 2. The van der Waals surface area contributed by atoms with Gasteiger partial charge in [-0.05, 0) is 43.1 Å². The molecular weight excluding hydrogens is 414 g/mol. The number of amides is 2. The molecule has 1 unspecified atom stereocenters. The molecule has 1 atom stereocenters. The Bertz CT molecular complexity index is 1040. The summed E-state index contributed by atoms with van der Waals surface area (Å²) in [7, 11) is 0. The van der Waals surface area contributed by atoms with Crippen molar-refractivity contribution in [2.75, 3.05) is 6.54 Å². The van der Waals surface area contributed by atoms with E-state index in [1.165, 1.54) is 11.8 Å². The summed E-state index contributed by atoms with van der Waals surface area (Å²) in [6.45, 7) is 0.933. The fourth-order valence-corrected chi connectivity index (χ4v) is 4.15. The molecule has 0 radical (unpaired) electrons. The highest BCUT2D eigenvalue weighted by molar-refractivity contribution is 7.99. The van der Waals surface area contributed by atoms with Crippen LogP contribution in [0.1, 0.15) is 24.8 Å². The molecule has 0 aliphatic heterocycles. The lowest BCUT2D eigenvalue weighted by atomic mass is 10.1. The van der Waals surface area contributed by atoms with Crippen LogP contribution in [0.25, 0.3) is 10.9 Å². The van der Waals surface area contributed by atoms with E-state index in [0.29, 0.717) is 25.4 Å². The Morgan fingerprint density at radius 3 is 2.61 bits per heavy atom. The minimum Gasteiger partial charge on any atom is -0.392 e. The van der Waals surface area contributed by atoms with Crippen LogP contribution in [0, 0.1) is 0 Å². The van der Waals surface area contributed by atoms with E-state index in [4.69, 9.17) is 21.9 Å². The van der Waals surface area contributed by atoms with Crippen LogP contribution in [0.2, 0.25) is 0 Å². The molecule has 0 aliphatic rings. The summed E-state index contributed by atoms with van der Waals surface area (Å²) in [6, 6.07) is 14.9. The smallest absolute Gasteiger partial charge is 0.392 e. The lowest BCUT2D eigenvalue weighted by Gasteiger charge is -2.12. The monoisotopic (exact) mass is 441 g/mol. The first-order valence-electron chi connectivity index (χ1n) is 10.1. The van der Waals surface area contributed by atoms with E-state index in [2.05, 4.69) is 10.3 Å². The zero-order valence-electron chi connectivity index (χ0n) is 17.1. The average molecular weight is 442 g/mol. The van der Waals surface area contributed by atoms with Gasteiger partial charge in [0.25, 0.3) is 0 Å². The SMILES string of the molecule is NCCCCC(N)C(=O)NCc1ccc2c(Sc3ccccc3)c(OC(N)=O)[nH]c2c1. The second-order valence-electron chi connectivity index (χ2n) is 7.11. The highest BCUT2D eigenvalue weighted by atomic mass is 32.2. The first kappa shape index (κ1) is 22.7. The molecule has 3 rings (SSSR count). The van der Waals surface area contributed by atoms with E-state index in [9.17, 15) is 9.59 Å². The topological polar surface area (TPSA) is 149 Å². The lowest BCUT2D eigenvalue weighted by Crippen LogP contribution is -2.40. The Kier molecular flexibility index (Phi) is 7.94. The Morgan fingerprint density at radius 2 is 1.90 bits per heavy atom. The number of nitrogens with two attached hydrogens (primary N) is 3. The second-order valence-corrected chi connectivity index (χ2v) is 8.19. The van der Waals surface area contributed by atoms with Gasteiger partial charge < -0.3 is 32.2 Å². The molecule has 1 heterocycles. The maximum Gasteiger partial charge on any atom is 0.411 e. The number of benzene rings is 2. The molecule has 0 fully saturated rings. The third-order valence-corrected chi connectivity index (χ3v) is 5.84. The predicted molar refractivity (Wildman–Crippen MR) is 122 cm³/mol. The van der Waals surface area contributed by atoms with Crippen molar-refractivity contribution in [2.24, 2.45) is 17.2 Å². The average Bonchev–Trinajstić information content (AvgIpc) is 3.08. The molecule has 0 spiro atoms. The molecule has 8 nitrogen and oxygen atoms in total. The number of unbranched alkanes of at least 4 members (excludes halogenated alkanes) is 1. The van der Waals surface area contributed by atoms with Gasteiger partial charge in [0.05, 0.1) is 10.9 Å². The van der Waals surface area contributed by atoms with E-state index in [-0.39, 0.29) is 5.91 Å². The summed E-state index contributed by atoms with van der Waals surface area (Å²) in [4.78, 5) is 28.4. The Balaban J connectivity index is 1.75. The van der Waals surface area contributed by atoms with Crippen LogP contribution >= 0.6 is 11.8 Å². The van der Waals surface area contributed by atoms with Crippen LogP contribution in [-0.4, -0.2) is 29.6 Å². The number of ether oxygens (including phenoxy) is 1. The Hall–Kier alpha value is -3.01. The van der Waals surface area contributed by atoms with E-state index in [1.807, 2.05) is 48.5 Å². The highest BCUT2D eigenvalue weighted by Gasteiger charge is 2.17. The van der Waals surface area contributed by atoms with E-state index < -0.39 is 12.1 Å². The summed E-state index contributed by atoms with van der Waals surface area (Å²) in [5.41, 5.74) is 18.3. The molecule has 9 heteroatoms. The molecule has 31 heavy (non-hydrogen) atoms. The van der Waals surface area contributed by atoms with E-state index in [0.717, 1.165) is 39.1 Å². The summed E-state index contributed by atoms with van der Waals surface area (Å²) in [6.07, 6.45) is 1.39. The highest BCUT2D eigenvalue weighted by Crippen LogP contribution is 2.40. The summed E-state index contributed by atoms with van der Waals surface area (Å²) >= 11 is 1.47. The van der Waals surface area contributed by atoms with Crippen molar-refractivity contribution in [3.63, 3.8) is 0 Å². The number of rotatable bonds is 10. The third kappa shape index (κ3) is 6.24. The maximum absolute atomic E-state index is 12.2. The Morgan fingerprint density at radius 1 is 1.13 bits per heavy atom. The molecule has 2 aromatic carbocycles. The van der Waals surface area contributed by atoms with Crippen molar-refractivity contribution in [3.05, 3.63) is 54.1 Å². The number of nitrogens with one attached hydrogen (secondary N) is 2. The Labute approximate surface area is 184 Å². The number of H-pyrrole nitrogens is 1. The van der Waals surface area contributed by atoms with Gasteiger partial charge in [0.15, 0.2) is 0 Å². The van der Waals surface area contributed by atoms with Gasteiger partial charge in [0.1, 0.15) is 0 Å². The standard InChI is InChI=1S/C22H27N5O3S/c23-11-5-4-8-17(24)20(28)26-13-14-9-10-16-18(12-14)27-21(30-22(25)29)19(16)31-15-6-2-1-3-7-15/h1-3,6-7,9-10,12,17,27H,4-5,8,11,13,23-24H2,(H2,25,29)(H,26,28). The largest absolute Gasteiger partial charge is 0.411 e. The molecule has 2 amide bonds. The summed E-state index contributed by atoms with van der Waals surface area (Å²) < 4.78 is 5.19. The first-order chi connectivity index (χ1) is 15.0. The van der Waals surface area contributed by atoms with Gasteiger partial charge in [-0.25, -0.2) is 4.79 Å². The number of aromatic amines is 1. The van der Waals surface area contributed by atoms with Gasteiger partial charge in [-0.15, -0.1) is 0 Å². The van der Waals surface area contributed by atoms with Crippen LogP contribution in [-0.2, 0) is 11.3 Å². The van der Waals surface area contributed by atoms with Gasteiger partial charge in [-0.2, -0.15) is 0 Å². The maximum atomic E-state index is 12.2. The number of primary amides is 1. The zero-order chi connectivity index (χ0) is 22.2. The molecule has 0 saturated heterocycles. The van der Waals surface area contributed by atoms with E-state index >= 15 is 0 Å². The number of carbonyl (C=O) groups excluding carboxylic acids is 2. The van der Waals surface area contributed by atoms with E-state index in [1.54, 1.807) is 0 Å². The first-order valence-corrected chi connectivity index (χ1v) is 10.9. The normalized spacial score (nSPS) is 11.9. The van der Waals surface area contributed by atoms with Gasteiger partial charge in [0, 0.05) is 22.3 Å². The molecule has 3 aromatic rings. The van der Waals surface area contributed by atoms with Crippen LogP contribution in [0.15, 0.2) is 58.3 Å². The van der Waals surface area contributed by atoms with Gasteiger partial charge >= 0.3 is 6.09 Å². The fraction of sp³-hybridized carbons (Fsp3) is 0.273. The number of aromatic nitrogens is 1. The van der Waals surface area contributed by atoms with Gasteiger partial charge in [-0.3, -0.25) is 4.79 Å². The van der Waals surface area contributed by atoms with Crippen molar-refractivity contribution in [1.82, 2.24) is 10.3 Å². The second kappa shape index (κ2) is 10.9. The molecule has 0 aliphatic carbocycles. The van der Waals surface area contributed by atoms with Crippen molar-refractivity contribution in [2.45, 2.75) is 41.6 Å². The molecule has 1 aromatic heterocycles. The summed E-state index contributed by atoms with van der Waals surface area (Å²) in [5, 5.41) is 3.75. The molecule has 164 valence electrons. The molecular formula is C22H27N5O3S. The minimum absolute atomic E-state index is 0.193. The molecule has 8 N–H and O–H groups in total. The van der Waals surface area contributed by atoms with Crippen molar-refractivity contribution >= 4 is 34.7 Å². The van der Waals surface area contributed by atoms with Crippen molar-refractivity contribution < 1.29 is 14.3 Å². The van der Waals surface area contributed by atoms with Crippen molar-refractivity contribution in [3.8, 4) is 5.88 Å². The minimum atomic E-state index is -0.891. The van der Waals surface area contributed by atoms with Crippen LogP contribution < -0.4 is 27.3 Å². The summed E-state index contributed by atoms with van der Waals surface area (Å²) in [5.74, 6) is 0.0983. The van der Waals surface area contributed by atoms with Crippen LogP contribution in [0.5, 0.6) is 5.88 Å². The predicted octanol–water partition coefficient (Wildman–Crippen LogP) is 2.85. The van der Waals surface area contributed by atoms with Gasteiger partial charge in [-0.1, -0.05) is 48.5 Å². The number of fused-ring (bicyclic) bond motifs is 1. The number of hydrogen-bond donors (Lipinski definition) is 5. The zero-order valence-corrected chi connectivity index (χ0v) is 17.9. The molecule has 0 bridgehead atoms. The van der Waals surface area contributed by atoms with Crippen molar-refractivity contribution in [1.29, 1.82) is 0 Å². The quantitative estimate of drug-likeness (QED) is 0.305. The fourth-order valence-electron chi connectivity index (χ4n) is 3.14. The van der Waals surface area contributed by atoms with Gasteiger partial charge in [0.2, 0.25) is 11.8 Å². The molecule has 0 saturated carbocycles.